The minimum absolute atomic E-state index is 0.0213. The third-order valence-corrected chi connectivity index (χ3v) is 6.84. The number of hydrogen-bond donors (Lipinski definition) is 1. The number of halogens is 1. The Labute approximate surface area is 180 Å². The van der Waals surface area contributed by atoms with Gasteiger partial charge in [0.1, 0.15) is 5.75 Å². The summed E-state index contributed by atoms with van der Waals surface area (Å²) >= 11 is 5.93. The second-order valence-electron chi connectivity index (χ2n) is 8.31. The number of carbonyl (C=O) groups excluding carboxylic acids is 1. The smallest absolute Gasteiger partial charge is 0.251 e. The van der Waals surface area contributed by atoms with Crippen molar-refractivity contribution in [1.29, 1.82) is 0 Å². The van der Waals surface area contributed by atoms with Crippen molar-refractivity contribution in [1.82, 2.24) is 15.3 Å². The minimum Gasteiger partial charge on any atom is -0.490 e. The van der Waals surface area contributed by atoms with Crippen LogP contribution in [0.5, 0.6) is 5.75 Å². The molecular formula is C24H24ClN3O2. The Bertz CT molecular complexity index is 1050. The predicted molar refractivity (Wildman–Crippen MR) is 117 cm³/mol. The van der Waals surface area contributed by atoms with E-state index in [1.807, 2.05) is 18.3 Å². The number of rotatable bonds is 6. The molecule has 1 aromatic carbocycles. The first-order valence-corrected chi connectivity index (χ1v) is 10.9. The van der Waals surface area contributed by atoms with Crippen LogP contribution in [0, 0.1) is 17.8 Å². The number of hydrogen-bond acceptors (Lipinski definition) is 4. The quantitative estimate of drug-likeness (QED) is 0.615. The molecule has 0 bridgehead atoms. The number of ether oxygens (including phenoxy) is 1. The van der Waals surface area contributed by atoms with Crippen molar-refractivity contribution in [3.63, 3.8) is 0 Å². The Morgan fingerprint density at radius 2 is 1.93 bits per heavy atom. The molecule has 2 aliphatic carbocycles. The molecule has 30 heavy (non-hydrogen) atoms. The van der Waals surface area contributed by atoms with Gasteiger partial charge in [0.15, 0.2) is 0 Å². The van der Waals surface area contributed by atoms with Crippen molar-refractivity contribution >= 4 is 28.4 Å². The van der Waals surface area contributed by atoms with Gasteiger partial charge in [0.25, 0.3) is 5.91 Å². The summed E-state index contributed by atoms with van der Waals surface area (Å²) in [6.45, 7) is 2.14. The SMILES string of the molecule is CCC(NC(=O)c1ccc(Cl)cc1)C1C2CC(Oc3ccnc4ccncc34)CC21. The van der Waals surface area contributed by atoms with Crippen molar-refractivity contribution in [2.45, 2.75) is 38.3 Å². The maximum atomic E-state index is 12.6. The largest absolute Gasteiger partial charge is 0.490 e. The van der Waals surface area contributed by atoms with Crippen LogP contribution in [-0.2, 0) is 0 Å². The van der Waals surface area contributed by atoms with Crippen molar-refractivity contribution in [2.24, 2.45) is 17.8 Å². The molecular weight excluding hydrogens is 398 g/mol. The molecule has 2 aliphatic rings. The Kier molecular flexibility index (Phi) is 5.07. The number of nitrogens with zero attached hydrogens (tertiary/aromatic N) is 2. The monoisotopic (exact) mass is 421 g/mol. The second-order valence-corrected chi connectivity index (χ2v) is 8.75. The van der Waals surface area contributed by atoms with E-state index in [2.05, 4.69) is 22.2 Å². The third-order valence-electron chi connectivity index (χ3n) is 6.59. The van der Waals surface area contributed by atoms with Crippen molar-refractivity contribution in [2.75, 3.05) is 0 Å². The first kappa shape index (κ1) is 19.3. The Morgan fingerprint density at radius 3 is 2.67 bits per heavy atom. The van der Waals surface area contributed by atoms with Gasteiger partial charge in [-0.2, -0.15) is 0 Å². The fourth-order valence-electron chi connectivity index (χ4n) is 5.11. The summed E-state index contributed by atoms with van der Waals surface area (Å²) in [4.78, 5) is 21.2. The lowest BCUT2D eigenvalue weighted by atomic mass is 10.00. The van der Waals surface area contributed by atoms with Crippen LogP contribution in [0.1, 0.15) is 36.5 Å². The maximum Gasteiger partial charge on any atom is 0.251 e. The zero-order valence-electron chi connectivity index (χ0n) is 16.8. The highest BCUT2D eigenvalue weighted by atomic mass is 35.5. The number of amides is 1. The second kappa shape index (κ2) is 7.88. The molecule has 154 valence electrons. The molecule has 3 unspecified atom stereocenters. The van der Waals surface area contributed by atoms with E-state index in [0.717, 1.165) is 35.9 Å². The van der Waals surface area contributed by atoms with Crippen LogP contribution >= 0.6 is 11.6 Å². The van der Waals surface area contributed by atoms with Crippen LogP contribution in [0.25, 0.3) is 10.9 Å². The summed E-state index contributed by atoms with van der Waals surface area (Å²) < 4.78 is 6.33. The molecule has 3 atom stereocenters. The van der Waals surface area contributed by atoms with Crippen molar-refractivity contribution < 1.29 is 9.53 Å². The molecule has 6 heteroatoms. The predicted octanol–water partition coefficient (Wildman–Crippen LogP) is 4.90. The van der Waals surface area contributed by atoms with Crippen LogP contribution in [0.3, 0.4) is 0 Å². The highest BCUT2D eigenvalue weighted by Gasteiger charge is 2.59. The molecule has 2 saturated carbocycles. The number of aromatic nitrogens is 2. The van der Waals surface area contributed by atoms with Crippen molar-refractivity contribution in [3.05, 3.63) is 65.6 Å². The minimum atomic E-state index is -0.0213. The van der Waals surface area contributed by atoms with Gasteiger partial charge in [0, 0.05) is 35.2 Å². The molecule has 2 aromatic heterocycles. The lowest BCUT2D eigenvalue weighted by Crippen LogP contribution is -2.37. The van der Waals surface area contributed by atoms with Gasteiger partial charge in [0.2, 0.25) is 0 Å². The molecule has 5 nitrogen and oxygen atoms in total. The van der Waals surface area contributed by atoms with E-state index in [-0.39, 0.29) is 18.1 Å². The van der Waals surface area contributed by atoms with E-state index in [0.29, 0.717) is 28.3 Å². The van der Waals surface area contributed by atoms with Gasteiger partial charge in [-0.25, -0.2) is 0 Å². The summed E-state index contributed by atoms with van der Waals surface area (Å²) in [5.41, 5.74) is 1.56. The van der Waals surface area contributed by atoms with Crippen LogP contribution in [0.2, 0.25) is 5.02 Å². The molecule has 0 aliphatic heterocycles. The van der Waals surface area contributed by atoms with Gasteiger partial charge < -0.3 is 10.1 Å². The zero-order valence-corrected chi connectivity index (χ0v) is 17.5. The topological polar surface area (TPSA) is 64.1 Å². The Hall–Kier alpha value is -2.66. The first-order chi connectivity index (χ1) is 14.6. The molecule has 0 radical (unpaired) electrons. The van der Waals surface area contributed by atoms with Crippen molar-refractivity contribution in [3.8, 4) is 5.75 Å². The van der Waals surface area contributed by atoms with Crippen LogP contribution in [0.4, 0.5) is 0 Å². The summed E-state index contributed by atoms with van der Waals surface area (Å²) in [6.07, 6.45) is 8.57. The first-order valence-electron chi connectivity index (χ1n) is 10.6. The molecule has 2 fully saturated rings. The van der Waals surface area contributed by atoms with Crippen LogP contribution in [0.15, 0.2) is 55.0 Å². The van der Waals surface area contributed by atoms with Crippen LogP contribution in [-0.4, -0.2) is 28.0 Å². The number of fused-ring (bicyclic) bond motifs is 2. The van der Waals surface area contributed by atoms with E-state index in [9.17, 15) is 4.79 Å². The molecule has 3 aromatic rings. The average Bonchev–Trinajstić information content (AvgIpc) is 3.26. The number of pyridine rings is 2. The van der Waals surface area contributed by atoms with Gasteiger partial charge in [-0.15, -0.1) is 0 Å². The molecule has 0 saturated heterocycles. The van der Waals surface area contributed by atoms with Gasteiger partial charge in [-0.3, -0.25) is 14.8 Å². The molecule has 1 amide bonds. The average molecular weight is 422 g/mol. The summed E-state index contributed by atoms with van der Waals surface area (Å²) in [5, 5.41) is 4.84. The van der Waals surface area contributed by atoms with Crippen LogP contribution < -0.4 is 10.1 Å². The van der Waals surface area contributed by atoms with Gasteiger partial charge in [-0.05, 0) is 73.4 Å². The van der Waals surface area contributed by atoms with Gasteiger partial charge in [-0.1, -0.05) is 18.5 Å². The normalized spacial score (nSPS) is 25.5. The zero-order chi connectivity index (χ0) is 20.7. The Morgan fingerprint density at radius 1 is 1.17 bits per heavy atom. The molecule has 2 heterocycles. The summed E-state index contributed by atoms with van der Waals surface area (Å²) in [6, 6.07) is 11.1. The molecule has 1 N–H and O–H groups in total. The van der Waals surface area contributed by atoms with Gasteiger partial charge >= 0.3 is 0 Å². The highest BCUT2D eigenvalue weighted by molar-refractivity contribution is 6.30. The van der Waals surface area contributed by atoms with E-state index < -0.39 is 0 Å². The lowest BCUT2D eigenvalue weighted by Gasteiger charge is -2.22. The van der Waals surface area contributed by atoms with E-state index >= 15 is 0 Å². The van der Waals surface area contributed by atoms with E-state index in [1.165, 1.54) is 0 Å². The summed E-state index contributed by atoms with van der Waals surface area (Å²) in [5.74, 6) is 2.63. The standard InChI is InChI=1S/C24H24ClN3O2/c1-2-20(28-24(29)14-3-5-15(25)6-4-14)23-17-11-16(12-18(17)23)30-22-8-10-27-21-7-9-26-13-19(21)22/h3-10,13,16-18,20,23H,2,11-12H2,1H3,(H,28,29). The van der Waals surface area contributed by atoms with Gasteiger partial charge in [0.05, 0.1) is 17.0 Å². The number of carbonyl (C=O) groups is 1. The molecule has 5 rings (SSSR count). The Balaban J connectivity index is 1.20. The maximum absolute atomic E-state index is 12.6. The third kappa shape index (κ3) is 3.63. The highest BCUT2D eigenvalue weighted by Crippen LogP contribution is 2.60. The summed E-state index contributed by atoms with van der Waals surface area (Å²) in [7, 11) is 0. The number of benzene rings is 1. The fourth-order valence-corrected chi connectivity index (χ4v) is 5.23. The fraction of sp³-hybridized carbons (Fsp3) is 0.375. The molecule has 0 spiro atoms. The van der Waals surface area contributed by atoms with E-state index in [1.54, 1.807) is 36.7 Å². The number of nitrogens with one attached hydrogen (secondary N) is 1. The van der Waals surface area contributed by atoms with E-state index in [4.69, 9.17) is 16.3 Å². The lowest BCUT2D eigenvalue weighted by molar-refractivity contribution is 0.0924.